The summed E-state index contributed by atoms with van der Waals surface area (Å²) in [5.74, 6) is 0.671. The second-order valence-corrected chi connectivity index (χ2v) is 4.82. The van der Waals surface area contributed by atoms with Crippen LogP contribution >= 0.6 is 23.2 Å². The van der Waals surface area contributed by atoms with Gasteiger partial charge in [0.05, 0.1) is 15.7 Å². The van der Waals surface area contributed by atoms with E-state index in [1.807, 2.05) is 30.3 Å². The Bertz CT molecular complexity index is 618. The summed E-state index contributed by atoms with van der Waals surface area (Å²) in [4.78, 5) is 0. The summed E-state index contributed by atoms with van der Waals surface area (Å²) >= 11 is 12.2. The second-order valence-electron chi connectivity index (χ2n) is 4.00. The monoisotopic (exact) mass is 306 g/mol. The van der Waals surface area contributed by atoms with Crippen molar-refractivity contribution < 1.29 is 4.74 Å². The van der Waals surface area contributed by atoms with E-state index >= 15 is 0 Å². The lowest BCUT2D eigenvalue weighted by Gasteiger charge is -2.13. The number of ether oxygens (including phenoxy) is 1. The summed E-state index contributed by atoms with van der Waals surface area (Å²) in [5.41, 5.74) is 1.62. The number of anilines is 1. The van der Waals surface area contributed by atoms with Gasteiger partial charge >= 0.3 is 0 Å². The molecule has 3 nitrogen and oxygen atoms in total. The molecule has 2 aromatic carbocycles. The van der Waals surface area contributed by atoms with Crippen LogP contribution in [-0.4, -0.2) is 6.61 Å². The largest absolute Gasteiger partial charge is 0.478 e. The summed E-state index contributed by atoms with van der Waals surface area (Å²) in [6.45, 7) is 0.523. The van der Waals surface area contributed by atoms with Crippen LogP contribution in [0.15, 0.2) is 42.5 Å². The fraction of sp³-hybridized carbons (Fsp3) is 0.133. The Kier molecular flexibility index (Phi) is 5.11. The zero-order valence-corrected chi connectivity index (χ0v) is 12.1. The van der Waals surface area contributed by atoms with Gasteiger partial charge < -0.3 is 10.1 Å². The number of para-hydroxylation sites is 2. The van der Waals surface area contributed by atoms with Crippen molar-refractivity contribution in [3.8, 4) is 11.8 Å². The third-order valence-corrected chi connectivity index (χ3v) is 3.31. The highest BCUT2D eigenvalue weighted by Crippen LogP contribution is 2.30. The molecule has 2 rings (SSSR count). The molecule has 20 heavy (non-hydrogen) atoms. The normalized spacial score (nSPS) is 9.85. The number of nitrogens with one attached hydrogen (secondary N) is 1. The molecule has 0 bridgehead atoms. The molecule has 0 saturated heterocycles. The SMILES string of the molecule is N#CCOc1ccccc1CNc1c(Cl)cccc1Cl. The van der Waals surface area contributed by atoms with E-state index in [1.54, 1.807) is 18.2 Å². The van der Waals surface area contributed by atoms with Crippen molar-refractivity contribution in [1.29, 1.82) is 5.26 Å². The molecular formula is C15H12Cl2N2O. The lowest BCUT2D eigenvalue weighted by atomic mass is 10.2. The fourth-order valence-electron chi connectivity index (χ4n) is 1.75. The van der Waals surface area contributed by atoms with E-state index in [0.717, 1.165) is 5.56 Å². The van der Waals surface area contributed by atoms with E-state index in [-0.39, 0.29) is 6.61 Å². The molecule has 0 aliphatic rings. The molecule has 0 aliphatic carbocycles. The van der Waals surface area contributed by atoms with Crippen molar-refractivity contribution in [2.24, 2.45) is 0 Å². The van der Waals surface area contributed by atoms with E-state index in [9.17, 15) is 0 Å². The summed E-state index contributed by atoms with van der Waals surface area (Å²) in [7, 11) is 0. The van der Waals surface area contributed by atoms with Gasteiger partial charge in [0.2, 0.25) is 0 Å². The first kappa shape index (κ1) is 14.5. The Hall–Kier alpha value is -1.89. The van der Waals surface area contributed by atoms with E-state index < -0.39 is 0 Å². The third kappa shape index (κ3) is 3.57. The van der Waals surface area contributed by atoms with Crippen molar-refractivity contribution in [3.63, 3.8) is 0 Å². The smallest absolute Gasteiger partial charge is 0.174 e. The topological polar surface area (TPSA) is 45.0 Å². The van der Waals surface area contributed by atoms with Gasteiger partial charge in [0.1, 0.15) is 11.8 Å². The third-order valence-electron chi connectivity index (χ3n) is 2.68. The number of nitriles is 1. The van der Waals surface area contributed by atoms with Crippen LogP contribution in [0.1, 0.15) is 5.56 Å². The highest BCUT2D eigenvalue weighted by Gasteiger charge is 2.07. The molecule has 0 saturated carbocycles. The van der Waals surface area contributed by atoms with Crippen molar-refractivity contribution >= 4 is 28.9 Å². The zero-order chi connectivity index (χ0) is 14.4. The quantitative estimate of drug-likeness (QED) is 0.884. The van der Waals surface area contributed by atoms with Crippen LogP contribution < -0.4 is 10.1 Å². The maximum atomic E-state index is 8.57. The maximum Gasteiger partial charge on any atom is 0.174 e. The summed E-state index contributed by atoms with van der Waals surface area (Å²) in [6, 6.07) is 14.8. The molecule has 0 aromatic heterocycles. The molecule has 5 heteroatoms. The summed E-state index contributed by atoms with van der Waals surface area (Å²) in [5, 5.41) is 12.9. The zero-order valence-electron chi connectivity index (χ0n) is 10.6. The standard InChI is InChI=1S/C15H12Cl2N2O/c16-12-5-3-6-13(17)15(12)19-10-11-4-1-2-7-14(11)20-9-8-18/h1-7,19H,9-10H2. The minimum Gasteiger partial charge on any atom is -0.478 e. The lowest BCUT2D eigenvalue weighted by Crippen LogP contribution is -2.04. The van der Waals surface area contributed by atoms with Crippen LogP contribution in [0.5, 0.6) is 5.75 Å². The van der Waals surface area contributed by atoms with Crippen LogP contribution in [0.4, 0.5) is 5.69 Å². The Balaban J connectivity index is 2.13. The van der Waals surface area contributed by atoms with Crippen LogP contribution in [-0.2, 0) is 6.54 Å². The Morgan fingerprint density at radius 2 is 1.75 bits per heavy atom. The Labute approximate surface area is 127 Å². The molecule has 0 radical (unpaired) electrons. The van der Waals surface area contributed by atoms with Crippen molar-refractivity contribution in [2.75, 3.05) is 11.9 Å². The van der Waals surface area contributed by atoms with Crippen LogP contribution in [0.25, 0.3) is 0 Å². The minimum absolute atomic E-state index is 0.0177. The van der Waals surface area contributed by atoms with E-state index in [4.69, 9.17) is 33.2 Å². The van der Waals surface area contributed by atoms with Gasteiger partial charge in [-0.25, -0.2) is 0 Å². The Morgan fingerprint density at radius 3 is 2.45 bits per heavy atom. The molecule has 0 spiro atoms. The van der Waals surface area contributed by atoms with Crippen LogP contribution in [0, 0.1) is 11.3 Å². The van der Waals surface area contributed by atoms with Crippen molar-refractivity contribution in [3.05, 3.63) is 58.1 Å². The molecule has 0 heterocycles. The van der Waals surface area contributed by atoms with Gasteiger partial charge in [-0.2, -0.15) is 5.26 Å². The average Bonchev–Trinajstić information content (AvgIpc) is 2.45. The molecular weight excluding hydrogens is 295 g/mol. The maximum absolute atomic E-state index is 8.57. The first-order valence-electron chi connectivity index (χ1n) is 5.98. The second kappa shape index (κ2) is 7.04. The van der Waals surface area contributed by atoms with Gasteiger partial charge in [-0.1, -0.05) is 47.5 Å². The van der Waals surface area contributed by atoms with Gasteiger partial charge in [0.15, 0.2) is 6.61 Å². The first-order chi connectivity index (χ1) is 9.72. The number of halogens is 2. The molecule has 0 aliphatic heterocycles. The van der Waals surface area contributed by atoms with E-state index in [0.29, 0.717) is 28.0 Å². The van der Waals surface area contributed by atoms with Gasteiger partial charge in [0, 0.05) is 12.1 Å². The van der Waals surface area contributed by atoms with Gasteiger partial charge in [0.25, 0.3) is 0 Å². The van der Waals surface area contributed by atoms with E-state index in [2.05, 4.69) is 5.32 Å². The number of hydrogen-bond acceptors (Lipinski definition) is 3. The molecule has 0 amide bonds. The fourth-order valence-corrected chi connectivity index (χ4v) is 2.28. The van der Waals surface area contributed by atoms with E-state index in [1.165, 1.54) is 0 Å². The lowest BCUT2D eigenvalue weighted by molar-refractivity contribution is 0.364. The number of rotatable bonds is 5. The van der Waals surface area contributed by atoms with Gasteiger partial charge in [-0.15, -0.1) is 0 Å². The average molecular weight is 307 g/mol. The molecule has 0 atom stereocenters. The highest BCUT2D eigenvalue weighted by atomic mass is 35.5. The van der Waals surface area contributed by atoms with Crippen LogP contribution in [0.2, 0.25) is 10.0 Å². The molecule has 1 N–H and O–H groups in total. The summed E-state index contributed by atoms with van der Waals surface area (Å²) in [6.07, 6.45) is 0. The summed E-state index contributed by atoms with van der Waals surface area (Å²) < 4.78 is 5.37. The number of hydrogen-bond donors (Lipinski definition) is 1. The Morgan fingerprint density at radius 1 is 1.05 bits per heavy atom. The molecule has 0 fully saturated rings. The number of benzene rings is 2. The highest BCUT2D eigenvalue weighted by molar-refractivity contribution is 6.39. The number of nitrogens with zero attached hydrogens (tertiary/aromatic N) is 1. The van der Waals surface area contributed by atoms with Crippen molar-refractivity contribution in [1.82, 2.24) is 0 Å². The van der Waals surface area contributed by atoms with Crippen LogP contribution in [0.3, 0.4) is 0 Å². The van der Waals surface area contributed by atoms with Gasteiger partial charge in [-0.3, -0.25) is 0 Å². The minimum atomic E-state index is 0.0177. The van der Waals surface area contributed by atoms with Gasteiger partial charge in [-0.05, 0) is 18.2 Å². The first-order valence-corrected chi connectivity index (χ1v) is 6.73. The van der Waals surface area contributed by atoms with Crippen molar-refractivity contribution in [2.45, 2.75) is 6.54 Å². The molecule has 2 aromatic rings. The molecule has 102 valence electrons. The predicted octanol–water partition coefficient (Wildman–Crippen LogP) is 4.51. The predicted molar refractivity (Wildman–Crippen MR) is 81.3 cm³/mol. The molecule has 0 unspecified atom stereocenters.